The summed E-state index contributed by atoms with van der Waals surface area (Å²) in [4.78, 5) is 0. The van der Waals surface area contributed by atoms with Gasteiger partial charge >= 0.3 is 0 Å². The van der Waals surface area contributed by atoms with Crippen LogP contribution >= 0.6 is 0 Å². The molecule has 0 saturated carbocycles. The van der Waals surface area contributed by atoms with Crippen LogP contribution in [-0.2, 0) is 6.42 Å². The number of hydrogen-bond acceptors (Lipinski definition) is 5. The van der Waals surface area contributed by atoms with Crippen LogP contribution < -0.4 is 10.5 Å². The van der Waals surface area contributed by atoms with Crippen LogP contribution in [0.15, 0.2) is 24.3 Å². The lowest BCUT2D eigenvalue weighted by molar-refractivity contribution is -0.112. The van der Waals surface area contributed by atoms with E-state index in [-0.39, 0.29) is 13.1 Å². The van der Waals surface area contributed by atoms with E-state index in [1.165, 1.54) is 25.7 Å². The minimum absolute atomic E-state index is 0.186. The molecule has 0 aliphatic heterocycles. The van der Waals surface area contributed by atoms with Crippen LogP contribution in [0.4, 0.5) is 4.39 Å². The number of ether oxygens (including phenoxy) is 1. The molecule has 0 amide bonds. The van der Waals surface area contributed by atoms with E-state index in [9.17, 15) is 19.7 Å². The van der Waals surface area contributed by atoms with Crippen molar-refractivity contribution in [3.63, 3.8) is 0 Å². The van der Waals surface area contributed by atoms with Crippen LogP contribution in [0, 0.1) is 0 Å². The molecule has 5 N–H and O–H groups in total. The SMILES string of the molecule is NC(CO)(CCc1ccc(OCCCCCCCCCCCF)cc1)C(O)O. The Labute approximate surface area is 168 Å². The molecule has 0 heterocycles. The predicted molar refractivity (Wildman–Crippen MR) is 110 cm³/mol. The molecule has 0 fully saturated rings. The number of aliphatic hydroxyl groups is 3. The Hall–Kier alpha value is -1.21. The largest absolute Gasteiger partial charge is 0.494 e. The first-order valence-corrected chi connectivity index (χ1v) is 10.6. The Morgan fingerprint density at radius 1 is 0.893 bits per heavy atom. The molecule has 0 aliphatic carbocycles. The summed E-state index contributed by atoms with van der Waals surface area (Å²) in [7, 11) is 0. The van der Waals surface area contributed by atoms with Crippen LogP contribution in [0.5, 0.6) is 5.75 Å². The summed E-state index contributed by atoms with van der Waals surface area (Å²) in [6.45, 7) is 0.0304. The monoisotopic (exact) mass is 399 g/mol. The summed E-state index contributed by atoms with van der Waals surface area (Å²) in [5.74, 6) is 0.819. The fourth-order valence-corrected chi connectivity index (χ4v) is 3.04. The zero-order valence-electron chi connectivity index (χ0n) is 17.0. The van der Waals surface area contributed by atoms with Gasteiger partial charge in [0.05, 0.1) is 25.4 Å². The van der Waals surface area contributed by atoms with Crippen LogP contribution in [0.1, 0.15) is 69.8 Å². The summed E-state index contributed by atoms with van der Waals surface area (Å²) >= 11 is 0. The number of aryl methyl sites for hydroxylation is 1. The lowest BCUT2D eigenvalue weighted by Gasteiger charge is -2.28. The quantitative estimate of drug-likeness (QED) is 0.238. The number of aliphatic hydroxyl groups excluding tert-OH is 2. The molecule has 0 aromatic heterocycles. The maximum Gasteiger partial charge on any atom is 0.172 e. The standard InChI is InChI=1S/C22H38FNO4/c23-16-8-6-4-2-1-3-5-7-9-17-28-20-12-10-19(11-13-20)14-15-22(24,18-25)21(26)27/h10-13,21,25-27H,1-9,14-18,24H2. The average Bonchev–Trinajstić information content (AvgIpc) is 2.71. The molecule has 0 aliphatic rings. The van der Waals surface area contributed by atoms with Crippen molar-refractivity contribution in [2.75, 3.05) is 19.9 Å². The minimum atomic E-state index is -1.75. The van der Waals surface area contributed by atoms with Gasteiger partial charge in [0.15, 0.2) is 6.29 Å². The van der Waals surface area contributed by atoms with Gasteiger partial charge in [0.25, 0.3) is 0 Å². The first-order chi connectivity index (χ1) is 13.5. The molecule has 162 valence electrons. The highest BCUT2D eigenvalue weighted by Crippen LogP contribution is 2.18. The minimum Gasteiger partial charge on any atom is -0.494 e. The Morgan fingerprint density at radius 3 is 1.93 bits per heavy atom. The molecule has 1 aromatic carbocycles. The number of nitrogens with two attached hydrogens (primary N) is 1. The van der Waals surface area contributed by atoms with Crippen molar-refractivity contribution in [2.45, 2.75) is 82.5 Å². The fourth-order valence-electron chi connectivity index (χ4n) is 3.04. The molecule has 5 nitrogen and oxygen atoms in total. The van der Waals surface area contributed by atoms with Gasteiger partial charge in [-0.05, 0) is 43.4 Å². The summed E-state index contributed by atoms with van der Waals surface area (Å²) in [5.41, 5.74) is 5.38. The van der Waals surface area contributed by atoms with Gasteiger partial charge in [0, 0.05) is 0 Å². The molecule has 28 heavy (non-hydrogen) atoms. The van der Waals surface area contributed by atoms with Crippen LogP contribution in [-0.4, -0.2) is 47.0 Å². The molecule has 6 heteroatoms. The second-order valence-electron chi connectivity index (χ2n) is 7.63. The zero-order chi connectivity index (χ0) is 20.7. The van der Waals surface area contributed by atoms with Gasteiger partial charge in [-0.1, -0.05) is 57.1 Å². The maximum absolute atomic E-state index is 12.0. The maximum atomic E-state index is 12.0. The van der Waals surface area contributed by atoms with Gasteiger partial charge in [-0.15, -0.1) is 0 Å². The lowest BCUT2D eigenvalue weighted by Crippen LogP contribution is -2.54. The van der Waals surface area contributed by atoms with Crippen molar-refractivity contribution in [3.8, 4) is 5.75 Å². The normalized spacial score (nSPS) is 13.6. The molecule has 0 spiro atoms. The number of benzene rings is 1. The van der Waals surface area contributed by atoms with Crippen molar-refractivity contribution in [3.05, 3.63) is 29.8 Å². The molecule has 0 bridgehead atoms. The summed E-state index contributed by atoms with van der Waals surface area (Å²) in [5, 5.41) is 27.8. The zero-order valence-corrected chi connectivity index (χ0v) is 17.0. The molecule has 1 atom stereocenters. The third kappa shape index (κ3) is 10.4. The Kier molecular flexibility index (Phi) is 13.1. The topological polar surface area (TPSA) is 95.9 Å². The number of unbranched alkanes of at least 4 members (excludes halogenated alkanes) is 8. The van der Waals surface area contributed by atoms with E-state index in [4.69, 9.17) is 10.5 Å². The summed E-state index contributed by atoms with van der Waals surface area (Å²) in [6.07, 6.45) is 9.04. The van der Waals surface area contributed by atoms with Crippen molar-refractivity contribution in [2.24, 2.45) is 5.73 Å². The smallest absolute Gasteiger partial charge is 0.172 e. The van der Waals surface area contributed by atoms with E-state index in [1.807, 2.05) is 24.3 Å². The molecule has 0 saturated heterocycles. The second kappa shape index (κ2) is 14.7. The van der Waals surface area contributed by atoms with Crippen molar-refractivity contribution in [1.82, 2.24) is 0 Å². The van der Waals surface area contributed by atoms with Gasteiger partial charge < -0.3 is 25.8 Å². The van der Waals surface area contributed by atoms with Gasteiger partial charge in [0.1, 0.15) is 5.75 Å². The van der Waals surface area contributed by atoms with Gasteiger partial charge in [0.2, 0.25) is 0 Å². The third-order valence-electron chi connectivity index (χ3n) is 5.16. The van der Waals surface area contributed by atoms with Crippen LogP contribution in [0.2, 0.25) is 0 Å². The van der Waals surface area contributed by atoms with Gasteiger partial charge in [-0.25, -0.2) is 0 Å². The van der Waals surface area contributed by atoms with E-state index < -0.39 is 18.4 Å². The molecule has 1 aromatic rings. The van der Waals surface area contributed by atoms with E-state index in [1.54, 1.807) is 0 Å². The highest BCUT2D eigenvalue weighted by atomic mass is 19.1. The molecule has 0 radical (unpaired) electrons. The van der Waals surface area contributed by atoms with Crippen LogP contribution in [0.25, 0.3) is 0 Å². The Bertz CT molecular complexity index is 498. The highest BCUT2D eigenvalue weighted by molar-refractivity contribution is 5.27. The third-order valence-corrected chi connectivity index (χ3v) is 5.16. The molecule has 1 rings (SSSR count). The number of halogens is 1. The summed E-state index contributed by atoms with van der Waals surface area (Å²) in [6, 6.07) is 7.66. The molecular weight excluding hydrogens is 361 g/mol. The number of hydrogen-bond donors (Lipinski definition) is 4. The van der Waals surface area contributed by atoms with E-state index >= 15 is 0 Å². The van der Waals surface area contributed by atoms with Gasteiger partial charge in [-0.2, -0.15) is 0 Å². The van der Waals surface area contributed by atoms with Crippen molar-refractivity contribution < 1.29 is 24.4 Å². The van der Waals surface area contributed by atoms with Crippen molar-refractivity contribution >= 4 is 0 Å². The highest BCUT2D eigenvalue weighted by Gasteiger charge is 2.31. The molecular formula is C22H38FNO4. The first-order valence-electron chi connectivity index (χ1n) is 10.6. The first kappa shape index (κ1) is 24.8. The summed E-state index contributed by atoms with van der Waals surface area (Å²) < 4.78 is 17.7. The van der Waals surface area contributed by atoms with Gasteiger partial charge in [-0.3, -0.25) is 4.39 Å². The van der Waals surface area contributed by atoms with E-state index in [0.29, 0.717) is 19.4 Å². The average molecular weight is 400 g/mol. The number of rotatable bonds is 17. The molecule has 1 unspecified atom stereocenters. The van der Waals surface area contributed by atoms with E-state index in [0.717, 1.165) is 37.0 Å². The lowest BCUT2D eigenvalue weighted by atomic mass is 9.92. The predicted octanol–water partition coefficient (Wildman–Crippen LogP) is 3.48. The fraction of sp³-hybridized carbons (Fsp3) is 0.727. The Balaban J connectivity index is 2.10. The second-order valence-corrected chi connectivity index (χ2v) is 7.63. The Morgan fingerprint density at radius 2 is 1.43 bits per heavy atom. The number of alkyl halides is 1. The van der Waals surface area contributed by atoms with Crippen LogP contribution in [0.3, 0.4) is 0 Å². The van der Waals surface area contributed by atoms with E-state index in [2.05, 4.69) is 0 Å². The van der Waals surface area contributed by atoms with Crippen molar-refractivity contribution in [1.29, 1.82) is 0 Å².